The standard InChI is InChI=1S/C52H32N4O/c1-3-10-33(11-4-1)35-17-21-37(22-18-35)45-32-46(38-23-19-36(20-24-38)34-12-5-2-6-13-34)56-52(55-45)40-27-25-39(26-28-40)49-43-30-29-42-41-14-7-8-16-47(41)57-51(42)48(43)50-44(54-49)15-9-31-53-50/h1-32H. The van der Waals surface area contributed by atoms with Crippen LogP contribution in [0.3, 0.4) is 0 Å². The zero-order valence-corrected chi connectivity index (χ0v) is 30.7. The van der Waals surface area contributed by atoms with E-state index in [9.17, 15) is 0 Å². The molecule has 5 heteroatoms. The first-order valence-corrected chi connectivity index (χ1v) is 19.0. The van der Waals surface area contributed by atoms with E-state index in [1.807, 2.05) is 48.7 Å². The molecule has 0 aliphatic carbocycles. The summed E-state index contributed by atoms with van der Waals surface area (Å²) in [6, 6.07) is 65.0. The van der Waals surface area contributed by atoms with Crippen LogP contribution in [0.4, 0.5) is 0 Å². The van der Waals surface area contributed by atoms with Gasteiger partial charge >= 0.3 is 0 Å². The molecule has 11 aromatic rings. The molecule has 4 heterocycles. The molecule has 0 spiro atoms. The molecule has 0 aliphatic heterocycles. The lowest BCUT2D eigenvalue weighted by molar-refractivity contribution is 0.673. The fourth-order valence-electron chi connectivity index (χ4n) is 7.88. The van der Waals surface area contributed by atoms with Crippen molar-refractivity contribution in [2.75, 3.05) is 0 Å². The van der Waals surface area contributed by atoms with E-state index < -0.39 is 0 Å². The lowest BCUT2D eigenvalue weighted by atomic mass is 9.98. The average Bonchev–Trinajstić information content (AvgIpc) is 3.68. The quantitative estimate of drug-likeness (QED) is 0.160. The fraction of sp³-hybridized carbons (Fsp3) is 0. The van der Waals surface area contributed by atoms with Crippen LogP contribution in [-0.4, -0.2) is 19.9 Å². The van der Waals surface area contributed by atoms with Gasteiger partial charge in [-0.25, -0.2) is 15.0 Å². The maximum absolute atomic E-state index is 6.51. The van der Waals surface area contributed by atoms with E-state index >= 15 is 0 Å². The van der Waals surface area contributed by atoms with Gasteiger partial charge in [0.1, 0.15) is 16.7 Å². The van der Waals surface area contributed by atoms with Gasteiger partial charge in [-0.1, -0.05) is 158 Å². The maximum Gasteiger partial charge on any atom is 0.160 e. The molecule has 0 bridgehead atoms. The number of pyridine rings is 2. The third-order valence-corrected chi connectivity index (χ3v) is 10.8. The van der Waals surface area contributed by atoms with E-state index in [2.05, 4.69) is 146 Å². The smallest absolute Gasteiger partial charge is 0.160 e. The summed E-state index contributed by atoms with van der Waals surface area (Å²) in [5.41, 5.74) is 14.5. The number of rotatable bonds is 6. The van der Waals surface area contributed by atoms with Gasteiger partial charge in [0.2, 0.25) is 0 Å². The maximum atomic E-state index is 6.51. The number of hydrogen-bond donors (Lipinski definition) is 0. The molecule has 0 fully saturated rings. The van der Waals surface area contributed by atoms with Crippen molar-refractivity contribution in [3.63, 3.8) is 0 Å². The zero-order chi connectivity index (χ0) is 37.7. The fourth-order valence-corrected chi connectivity index (χ4v) is 7.88. The average molecular weight is 729 g/mol. The summed E-state index contributed by atoms with van der Waals surface area (Å²) < 4.78 is 6.51. The molecule has 0 saturated carbocycles. The first-order valence-electron chi connectivity index (χ1n) is 19.0. The van der Waals surface area contributed by atoms with Gasteiger partial charge in [-0.2, -0.15) is 0 Å². The van der Waals surface area contributed by atoms with Gasteiger partial charge in [0.15, 0.2) is 5.82 Å². The van der Waals surface area contributed by atoms with Crippen LogP contribution in [-0.2, 0) is 0 Å². The van der Waals surface area contributed by atoms with Crippen LogP contribution in [0, 0.1) is 0 Å². The Balaban J connectivity index is 1.02. The highest BCUT2D eigenvalue weighted by atomic mass is 16.3. The van der Waals surface area contributed by atoms with Crippen molar-refractivity contribution >= 4 is 43.7 Å². The predicted octanol–water partition coefficient (Wildman–Crippen LogP) is 13.5. The second kappa shape index (κ2) is 13.5. The molecule has 0 aliphatic rings. The minimum atomic E-state index is 0.651. The van der Waals surface area contributed by atoms with Gasteiger partial charge in [-0.15, -0.1) is 0 Å². The van der Waals surface area contributed by atoms with Crippen LogP contribution in [0.15, 0.2) is 199 Å². The molecular formula is C52H32N4O. The number of para-hydroxylation sites is 1. The van der Waals surface area contributed by atoms with Crippen LogP contribution in [0.5, 0.6) is 0 Å². The predicted molar refractivity (Wildman–Crippen MR) is 233 cm³/mol. The number of nitrogens with zero attached hydrogens (tertiary/aromatic N) is 4. The molecule has 0 saturated heterocycles. The van der Waals surface area contributed by atoms with E-state index in [0.29, 0.717) is 5.82 Å². The highest BCUT2D eigenvalue weighted by Crippen LogP contribution is 2.40. The Bertz CT molecular complexity index is 3150. The number of hydrogen-bond acceptors (Lipinski definition) is 5. The Kier molecular flexibility index (Phi) is 7.74. The summed E-state index contributed by atoms with van der Waals surface area (Å²) in [7, 11) is 0. The summed E-state index contributed by atoms with van der Waals surface area (Å²) in [4.78, 5) is 20.3. The zero-order valence-electron chi connectivity index (χ0n) is 30.7. The van der Waals surface area contributed by atoms with Crippen LogP contribution in [0.1, 0.15) is 0 Å². The largest absolute Gasteiger partial charge is 0.455 e. The van der Waals surface area contributed by atoms with Crippen molar-refractivity contribution in [1.82, 2.24) is 19.9 Å². The molecule has 11 rings (SSSR count). The molecule has 4 aromatic heterocycles. The molecule has 0 N–H and O–H groups in total. The lowest BCUT2D eigenvalue weighted by Crippen LogP contribution is -1.96. The minimum Gasteiger partial charge on any atom is -0.455 e. The van der Waals surface area contributed by atoms with Crippen molar-refractivity contribution in [3.05, 3.63) is 194 Å². The van der Waals surface area contributed by atoms with Crippen molar-refractivity contribution in [1.29, 1.82) is 0 Å². The van der Waals surface area contributed by atoms with E-state index in [1.165, 1.54) is 11.1 Å². The highest BCUT2D eigenvalue weighted by molar-refractivity contribution is 6.23. The number of furan rings is 1. The summed E-state index contributed by atoms with van der Waals surface area (Å²) in [6.45, 7) is 0. The second-order valence-electron chi connectivity index (χ2n) is 14.2. The van der Waals surface area contributed by atoms with Crippen molar-refractivity contribution in [3.8, 4) is 67.4 Å². The Morgan fingerprint density at radius 2 is 0.895 bits per heavy atom. The van der Waals surface area contributed by atoms with Crippen molar-refractivity contribution in [2.24, 2.45) is 0 Å². The van der Waals surface area contributed by atoms with E-state index in [1.54, 1.807) is 0 Å². The van der Waals surface area contributed by atoms with Gasteiger partial charge < -0.3 is 4.42 Å². The molecule has 266 valence electrons. The first kappa shape index (κ1) is 32.7. The first-order chi connectivity index (χ1) is 28.2. The van der Waals surface area contributed by atoms with Crippen LogP contribution in [0.25, 0.3) is 111 Å². The van der Waals surface area contributed by atoms with Gasteiger partial charge in [0.05, 0.1) is 28.0 Å². The summed E-state index contributed by atoms with van der Waals surface area (Å²) >= 11 is 0. The molecule has 0 atom stereocenters. The monoisotopic (exact) mass is 728 g/mol. The summed E-state index contributed by atoms with van der Waals surface area (Å²) in [5.74, 6) is 0.651. The Labute approximate surface area is 328 Å². The van der Waals surface area contributed by atoms with Crippen molar-refractivity contribution < 1.29 is 4.42 Å². The SMILES string of the molecule is c1ccc(-c2ccc(-c3cc(-c4ccc(-c5ccccc5)cc4)nc(-c4ccc(-c5nc6cccnc6c6c5ccc5c7ccccc7oc56)cc4)n3)cc2)cc1. The number of benzene rings is 7. The molecule has 0 amide bonds. The van der Waals surface area contributed by atoms with Crippen LogP contribution >= 0.6 is 0 Å². The third-order valence-electron chi connectivity index (χ3n) is 10.8. The summed E-state index contributed by atoms with van der Waals surface area (Å²) in [5, 5.41) is 4.10. The van der Waals surface area contributed by atoms with Crippen molar-refractivity contribution in [2.45, 2.75) is 0 Å². The van der Waals surface area contributed by atoms with Gasteiger partial charge in [-0.05, 0) is 52.6 Å². The van der Waals surface area contributed by atoms with Gasteiger partial charge in [0.25, 0.3) is 0 Å². The van der Waals surface area contributed by atoms with E-state index in [0.717, 1.165) is 94.2 Å². The molecule has 5 nitrogen and oxygen atoms in total. The van der Waals surface area contributed by atoms with Crippen LogP contribution in [0.2, 0.25) is 0 Å². The molecule has 7 aromatic carbocycles. The number of fused-ring (bicyclic) bond motifs is 7. The Morgan fingerprint density at radius 3 is 1.54 bits per heavy atom. The highest BCUT2D eigenvalue weighted by Gasteiger charge is 2.19. The topological polar surface area (TPSA) is 64.7 Å². The number of aromatic nitrogens is 4. The Morgan fingerprint density at radius 1 is 0.368 bits per heavy atom. The van der Waals surface area contributed by atoms with E-state index in [-0.39, 0.29) is 0 Å². The second-order valence-corrected chi connectivity index (χ2v) is 14.2. The van der Waals surface area contributed by atoms with Crippen LogP contribution < -0.4 is 0 Å². The molecular weight excluding hydrogens is 697 g/mol. The third kappa shape index (κ3) is 5.81. The molecule has 57 heavy (non-hydrogen) atoms. The van der Waals surface area contributed by atoms with Gasteiger partial charge in [0, 0.05) is 44.6 Å². The Hall–Kier alpha value is -7.76. The summed E-state index contributed by atoms with van der Waals surface area (Å²) in [6.07, 6.45) is 1.82. The van der Waals surface area contributed by atoms with Gasteiger partial charge in [-0.3, -0.25) is 4.98 Å². The normalized spacial score (nSPS) is 11.5. The molecule has 0 unspecified atom stereocenters. The van der Waals surface area contributed by atoms with E-state index in [4.69, 9.17) is 24.4 Å². The lowest BCUT2D eigenvalue weighted by Gasteiger charge is -2.12. The molecule has 0 radical (unpaired) electrons. The minimum absolute atomic E-state index is 0.651.